The van der Waals surface area contributed by atoms with Gasteiger partial charge in [0.15, 0.2) is 0 Å². The Morgan fingerprint density at radius 2 is 1.04 bits per heavy atom. The molecule has 1 aliphatic rings. The van der Waals surface area contributed by atoms with Gasteiger partial charge in [-0.25, -0.2) is 0 Å². The molecule has 0 bridgehead atoms. The zero-order valence-electron chi connectivity index (χ0n) is 30.5. The van der Waals surface area contributed by atoms with E-state index >= 15 is 0 Å². The van der Waals surface area contributed by atoms with Gasteiger partial charge in [-0.05, 0) is 114 Å². The normalized spacial score (nSPS) is 11.9. The molecule has 11 aromatic rings. The molecular formula is C54H34N2. The molecule has 0 N–H and O–H groups in total. The Kier molecular flexibility index (Phi) is 6.66. The van der Waals surface area contributed by atoms with Crippen LogP contribution in [0.3, 0.4) is 0 Å². The maximum atomic E-state index is 2.54. The van der Waals surface area contributed by atoms with Gasteiger partial charge in [-0.2, -0.15) is 0 Å². The molecule has 1 heterocycles. The Balaban J connectivity index is 1.28. The van der Waals surface area contributed by atoms with E-state index in [1.54, 1.807) is 0 Å². The Labute approximate surface area is 324 Å². The van der Waals surface area contributed by atoms with Crippen molar-refractivity contribution >= 4 is 71.2 Å². The summed E-state index contributed by atoms with van der Waals surface area (Å²) in [5, 5.41) is 10.1. The van der Waals surface area contributed by atoms with E-state index in [1.807, 2.05) is 0 Å². The largest absolute Gasteiger partial charge is 0.308 e. The number of anilines is 3. The molecule has 0 aliphatic heterocycles. The summed E-state index contributed by atoms with van der Waals surface area (Å²) in [5.41, 5.74) is 14.4. The van der Waals surface area contributed by atoms with Crippen LogP contribution in [0.25, 0.3) is 93.2 Å². The van der Waals surface area contributed by atoms with Crippen LogP contribution in [0.5, 0.6) is 0 Å². The number of rotatable bonds is 5. The molecule has 0 saturated carbocycles. The molecule has 0 spiro atoms. The molecule has 0 saturated heterocycles. The van der Waals surface area contributed by atoms with Crippen LogP contribution in [-0.2, 0) is 0 Å². The highest BCUT2D eigenvalue weighted by Gasteiger charge is 2.29. The molecular weight excluding hydrogens is 677 g/mol. The minimum atomic E-state index is 1.11. The fraction of sp³-hybridized carbons (Fsp3) is 0. The van der Waals surface area contributed by atoms with Gasteiger partial charge in [0, 0.05) is 27.8 Å². The third-order valence-electron chi connectivity index (χ3n) is 11.8. The first kappa shape index (κ1) is 31.0. The lowest BCUT2D eigenvalue weighted by atomic mass is 9.89. The molecule has 56 heavy (non-hydrogen) atoms. The van der Waals surface area contributed by atoms with Gasteiger partial charge in [-0.1, -0.05) is 158 Å². The lowest BCUT2D eigenvalue weighted by Gasteiger charge is -2.28. The number of hydrogen-bond acceptors (Lipinski definition) is 1. The molecule has 0 atom stereocenters. The molecule has 1 aromatic heterocycles. The molecule has 1 aliphatic carbocycles. The minimum Gasteiger partial charge on any atom is -0.308 e. The molecule has 2 heteroatoms. The van der Waals surface area contributed by atoms with Gasteiger partial charge in [-0.3, -0.25) is 0 Å². The summed E-state index contributed by atoms with van der Waals surface area (Å²) in [6.45, 7) is 0. The van der Waals surface area contributed by atoms with Crippen molar-refractivity contribution in [3.05, 3.63) is 206 Å². The first-order valence-corrected chi connectivity index (χ1v) is 19.4. The van der Waals surface area contributed by atoms with E-state index in [9.17, 15) is 0 Å². The van der Waals surface area contributed by atoms with Crippen molar-refractivity contribution in [2.24, 2.45) is 0 Å². The van der Waals surface area contributed by atoms with Crippen molar-refractivity contribution < 1.29 is 0 Å². The van der Waals surface area contributed by atoms with E-state index in [0.717, 1.165) is 22.7 Å². The molecule has 2 nitrogen and oxygen atoms in total. The number of benzene rings is 10. The Bertz CT molecular complexity index is 3360. The van der Waals surface area contributed by atoms with Crippen LogP contribution in [0.2, 0.25) is 0 Å². The van der Waals surface area contributed by atoms with Gasteiger partial charge in [-0.15, -0.1) is 0 Å². The van der Waals surface area contributed by atoms with Crippen molar-refractivity contribution in [3.8, 4) is 39.1 Å². The SMILES string of the molecule is c1ccc(-c2cccc(-n3c4ccc5cccc6c5c4c4c(ccc(N(c5ccccc5)c5ccc7ccccc7c5)c43)-c3ccc4ccccc4c3-6)c2)cc1. The van der Waals surface area contributed by atoms with Crippen LogP contribution in [-0.4, -0.2) is 4.57 Å². The Hall–Kier alpha value is -7.42. The summed E-state index contributed by atoms with van der Waals surface area (Å²) in [6, 6.07) is 75.9. The highest BCUT2D eigenvalue weighted by molar-refractivity contribution is 6.33. The lowest BCUT2D eigenvalue weighted by Crippen LogP contribution is -2.12. The van der Waals surface area contributed by atoms with Crippen LogP contribution in [0.15, 0.2) is 206 Å². The van der Waals surface area contributed by atoms with E-state index < -0.39 is 0 Å². The summed E-state index contributed by atoms with van der Waals surface area (Å²) >= 11 is 0. The van der Waals surface area contributed by atoms with Crippen molar-refractivity contribution in [1.29, 1.82) is 0 Å². The third kappa shape index (κ3) is 4.50. The predicted octanol–water partition coefficient (Wildman–Crippen LogP) is 15.0. The molecule has 0 fully saturated rings. The maximum absolute atomic E-state index is 2.54. The first-order valence-electron chi connectivity index (χ1n) is 19.4. The minimum absolute atomic E-state index is 1.11. The molecule has 10 aromatic carbocycles. The van der Waals surface area contributed by atoms with Crippen molar-refractivity contribution in [2.45, 2.75) is 0 Å². The zero-order chi connectivity index (χ0) is 36.7. The topological polar surface area (TPSA) is 8.17 Å². The van der Waals surface area contributed by atoms with Crippen LogP contribution >= 0.6 is 0 Å². The van der Waals surface area contributed by atoms with Crippen LogP contribution in [0.4, 0.5) is 17.1 Å². The third-order valence-corrected chi connectivity index (χ3v) is 11.8. The number of para-hydroxylation sites is 1. The second-order valence-electron chi connectivity index (χ2n) is 14.9. The second kappa shape index (κ2) is 12.0. The Morgan fingerprint density at radius 3 is 1.91 bits per heavy atom. The van der Waals surface area contributed by atoms with E-state index in [-0.39, 0.29) is 0 Å². The molecule has 260 valence electrons. The second-order valence-corrected chi connectivity index (χ2v) is 14.9. The summed E-state index contributed by atoms with van der Waals surface area (Å²) in [7, 11) is 0. The smallest absolute Gasteiger partial charge is 0.0788 e. The van der Waals surface area contributed by atoms with Crippen LogP contribution < -0.4 is 4.90 Å². The van der Waals surface area contributed by atoms with E-state index in [2.05, 4.69) is 216 Å². The van der Waals surface area contributed by atoms with Gasteiger partial charge >= 0.3 is 0 Å². The van der Waals surface area contributed by atoms with E-state index in [0.29, 0.717) is 0 Å². The lowest BCUT2D eigenvalue weighted by molar-refractivity contribution is 1.17. The molecule has 0 unspecified atom stereocenters. The van der Waals surface area contributed by atoms with E-state index in [1.165, 1.54) is 87.5 Å². The van der Waals surface area contributed by atoms with Crippen molar-refractivity contribution in [3.63, 3.8) is 0 Å². The van der Waals surface area contributed by atoms with Crippen molar-refractivity contribution in [2.75, 3.05) is 4.90 Å². The van der Waals surface area contributed by atoms with Gasteiger partial charge < -0.3 is 9.47 Å². The average molecular weight is 711 g/mol. The summed E-state index contributed by atoms with van der Waals surface area (Å²) < 4.78 is 2.54. The number of nitrogens with zero attached hydrogens (tertiary/aromatic N) is 2. The fourth-order valence-electron chi connectivity index (χ4n) is 9.43. The van der Waals surface area contributed by atoms with Gasteiger partial charge in [0.1, 0.15) is 0 Å². The molecule has 0 radical (unpaired) electrons. The summed E-state index contributed by atoms with van der Waals surface area (Å²) in [5.74, 6) is 0. The highest BCUT2D eigenvalue weighted by atomic mass is 15.2. The molecule has 0 amide bonds. The predicted molar refractivity (Wildman–Crippen MR) is 238 cm³/mol. The zero-order valence-corrected chi connectivity index (χ0v) is 30.5. The van der Waals surface area contributed by atoms with Crippen LogP contribution in [0.1, 0.15) is 0 Å². The molecule has 12 rings (SSSR count). The average Bonchev–Trinajstić information content (AvgIpc) is 3.56. The van der Waals surface area contributed by atoms with Gasteiger partial charge in [0.05, 0.1) is 16.7 Å². The van der Waals surface area contributed by atoms with Crippen molar-refractivity contribution in [1.82, 2.24) is 4.57 Å². The van der Waals surface area contributed by atoms with E-state index in [4.69, 9.17) is 0 Å². The standard InChI is InChI=1S/C54H34N2/c1-3-13-35(14-4-1)40-19-11-22-42(33-40)56-48-31-27-38-18-12-24-47-50(38)53(48)52-46(45-29-26-37-16-9-10-23-44(37)51(45)47)30-32-49(54(52)56)55(41-20-5-2-6-21-41)43-28-25-36-15-7-8-17-39(36)34-43/h1-34H. The van der Waals surface area contributed by atoms with Gasteiger partial charge in [0.25, 0.3) is 0 Å². The first-order chi connectivity index (χ1) is 27.8. The maximum Gasteiger partial charge on any atom is 0.0788 e. The number of aromatic nitrogens is 1. The quantitative estimate of drug-likeness (QED) is 0.173. The number of hydrogen-bond donors (Lipinski definition) is 0. The monoisotopic (exact) mass is 710 g/mol. The summed E-state index contributed by atoms with van der Waals surface area (Å²) in [6.07, 6.45) is 0. The Morgan fingerprint density at radius 1 is 0.357 bits per heavy atom. The fourth-order valence-corrected chi connectivity index (χ4v) is 9.43. The number of fused-ring (bicyclic) bond motifs is 6. The highest BCUT2D eigenvalue weighted by Crippen LogP contribution is 2.54. The van der Waals surface area contributed by atoms with Gasteiger partial charge in [0.2, 0.25) is 0 Å². The van der Waals surface area contributed by atoms with Crippen LogP contribution in [0, 0.1) is 0 Å². The summed E-state index contributed by atoms with van der Waals surface area (Å²) in [4.78, 5) is 2.46.